The molecular formula is C5H5BN2O4. The minimum absolute atomic E-state index is 0.126. The lowest BCUT2D eigenvalue weighted by Gasteiger charge is -1.94. The first kappa shape index (κ1) is 8.63. The number of aromatic nitrogens is 1. The van der Waals surface area contributed by atoms with E-state index >= 15 is 0 Å². The van der Waals surface area contributed by atoms with Crippen LogP contribution in [-0.2, 0) is 0 Å². The van der Waals surface area contributed by atoms with Crippen LogP contribution in [0.3, 0.4) is 0 Å². The second kappa shape index (κ2) is 3.29. The molecule has 7 heteroatoms. The molecule has 0 aliphatic carbocycles. The molecule has 6 nitrogen and oxygen atoms in total. The molecule has 0 spiro atoms. The molecule has 0 saturated carbocycles. The fraction of sp³-hybridized carbons (Fsp3) is 0. The topological polar surface area (TPSA) is 96.5 Å². The molecule has 0 aromatic carbocycles. The Kier molecular flexibility index (Phi) is 2.36. The highest BCUT2D eigenvalue weighted by atomic mass is 16.6. The standard InChI is InChI=1S/C5H5BN2O4/c9-6(10)4-1-2-5(7-3-4)8(11)12/h1-3,9-10H. The quantitative estimate of drug-likeness (QED) is 0.324. The van der Waals surface area contributed by atoms with Crippen LogP contribution in [0.1, 0.15) is 0 Å². The van der Waals surface area contributed by atoms with E-state index < -0.39 is 12.0 Å². The van der Waals surface area contributed by atoms with E-state index in [0.717, 1.165) is 12.3 Å². The highest BCUT2D eigenvalue weighted by Gasteiger charge is 2.14. The maximum Gasteiger partial charge on any atom is 0.492 e. The van der Waals surface area contributed by atoms with Crippen molar-refractivity contribution in [2.24, 2.45) is 0 Å². The molecule has 0 saturated heterocycles. The van der Waals surface area contributed by atoms with Crippen LogP contribution in [-0.4, -0.2) is 27.1 Å². The molecule has 12 heavy (non-hydrogen) atoms. The van der Waals surface area contributed by atoms with Gasteiger partial charge in [-0.25, -0.2) is 0 Å². The van der Waals surface area contributed by atoms with Gasteiger partial charge in [0, 0.05) is 11.5 Å². The second-order valence-corrected chi connectivity index (χ2v) is 2.08. The summed E-state index contributed by atoms with van der Waals surface area (Å²) in [6, 6.07) is 2.34. The summed E-state index contributed by atoms with van der Waals surface area (Å²) < 4.78 is 0. The Labute approximate surface area is 67.8 Å². The van der Waals surface area contributed by atoms with Gasteiger partial charge in [-0.2, -0.15) is 0 Å². The number of pyridine rings is 1. The van der Waals surface area contributed by atoms with E-state index in [4.69, 9.17) is 10.0 Å². The Hall–Kier alpha value is -1.47. The van der Waals surface area contributed by atoms with Crippen LogP contribution in [0.2, 0.25) is 0 Å². The fourth-order valence-electron chi connectivity index (χ4n) is 0.658. The van der Waals surface area contributed by atoms with Crippen LogP contribution >= 0.6 is 0 Å². The third-order valence-corrected chi connectivity index (χ3v) is 1.26. The number of rotatable bonds is 2. The van der Waals surface area contributed by atoms with Crippen LogP contribution in [0, 0.1) is 10.1 Å². The van der Waals surface area contributed by atoms with Crippen molar-refractivity contribution in [1.82, 2.24) is 4.98 Å². The molecule has 1 rings (SSSR count). The number of hydrogen-bond acceptors (Lipinski definition) is 5. The summed E-state index contributed by atoms with van der Waals surface area (Å²) in [7, 11) is -1.64. The normalized spacial score (nSPS) is 9.50. The molecule has 62 valence electrons. The van der Waals surface area contributed by atoms with Gasteiger partial charge in [0.2, 0.25) is 0 Å². The lowest BCUT2D eigenvalue weighted by Crippen LogP contribution is -2.29. The first-order chi connectivity index (χ1) is 5.61. The summed E-state index contributed by atoms with van der Waals surface area (Å²) in [6.45, 7) is 0. The number of hydrogen-bond donors (Lipinski definition) is 2. The van der Waals surface area contributed by atoms with Gasteiger partial charge in [-0.1, -0.05) is 6.07 Å². The molecule has 0 unspecified atom stereocenters. The monoisotopic (exact) mass is 168 g/mol. The van der Waals surface area contributed by atoms with Crippen molar-refractivity contribution in [2.45, 2.75) is 0 Å². The van der Waals surface area contributed by atoms with Crippen molar-refractivity contribution in [3.8, 4) is 0 Å². The van der Waals surface area contributed by atoms with E-state index in [2.05, 4.69) is 4.98 Å². The van der Waals surface area contributed by atoms with Crippen molar-refractivity contribution in [3.05, 3.63) is 28.4 Å². The van der Waals surface area contributed by atoms with Crippen molar-refractivity contribution < 1.29 is 15.0 Å². The zero-order valence-corrected chi connectivity index (χ0v) is 5.91. The lowest BCUT2D eigenvalue weighted by atomic mass is 9.82. The summed E-state index contributed by atoms with van der Waals surface area (Å²) >= 11 is 0. The number of nitrogens with zero attached hydrogens (tertiary/aromatic N) is 2. The molecule has 2 N–H and O–H groups in total. The van der Waals surface area contributed by atoms with Crippen molar-refractivity contribution in [1.29, 1.82) is 0 Å². The van der Waals surface area contributed by atoms with Crippen LogP contribution < -0.4 is 5.46 Å². The van der Waals surface area contributed by atoms with Gasteiger partial charge >= 0.3 is 12.9 Å². The Bertz CT molecular complexity index is 286. The molecule has 0 atom stereocenters. The molecular weight excluding hydrogens is 163 g/mol. The second-order valence-electron chi connectivity index (χ2n) is 2.08. The van der Waals surface area contributed by atoms with Crippen LogP contribution in [0.15, 0.2) is 18.3 Å². The van der Waals surface area contributed by atoms with Crippen molar-refractivity contribution in [2.75, 3.05) is 0 Å². The van der Waals surface area contributed by atoms with Crippen LogP contribution in [0.4, 0.5) is 5.82 Å². The zero-order valence-electron chi connectivity index (χ0n) is 5.91. The first-order valence-electron chi connectivity index (χ1n) is 3.07. The minimum atomic E-state index is -1.64. The maximum absolute atomic E-state index is 10.1. The van der Waals surface area contributed by atoms with E-state index in [-0.39, 0.29) is 11.3 Å². The molecule has 0 aliphatic heterocycles. The third kappa shape index (κ3) is 1.77. The predicted octanol–water partition coefficient (Wildman–Crippen LogP) is -1.33. The predicted molar refractivity (Wildman–Crippen MR) is 40.7 cm³/mol. The fourth-order valence-corrected chi connectivity index (χ4v) is 0.658. The van der Waals surface area contributed by atoms with Gasteiger partial charge < -0.3 is 20.2 Å². The first-order valence-corrected chi connectivity index (χ1v) is 3.07. The highest BCUT2D eigenvalue weighted by molar-refractivity contribution is 6.58. The third-order valence-electron chi connectivity index (χ3n) is 1.26. The molecule has 0 fully saturated rings. The Morgan fingerprint density at radius 2 is 2.17 bits per heavy atom. The van der Waals surface area contributed by atoms with Crippen molar-refractivity contribution >= 4 is 18.4 Å². The Balaban J connectivity index is 2.93. The Morgan fingerprint density at radius 3 is 2.50 bits per heavy atom. The lowest BCUT2D eigenvalue weighted by molar-refractivity contribution is -0.389. The zero-order chi connectivity index (χ0) is 9.14. The average Bonchev–Trinajstić information content (AvgIpc) is 2.04. The highest BCUT2D eigenvalue weighted by Crippen LogP contribution is 2.01. The molecule has 1 aromatic heterocycles. The minimum Gasteiger partial charge on any atom is -0.423 e. The maximum atomic E-state index is 10.1. The van der Waals surface area contributed by atoms with Gasteiger partial charge in [-0.3, -0.25) is 0 Å². The van der Waals surface area contributed by atoms with Crippen LogP contribution in [0.5, 0.6) is 0 Å². The van der Waals surface area contributed by atoms with E-state index in [1.165, 1.54) is 6.07 Å². The number of nitro groups is 1. The van der Waals surface area contributed by atoms with Gasteiger partial charge in [0.25, 0.3) is 0 Å². The van der Waals surface area contributed by atoms with Crippen molar-refractivity contribution in [3.63, 3.8) is 0 Å². The Morgan fingerprint density at radius 1 is 1.50 bits per heavy atom. The summed E-state index contributed by atoms with van der Waals surface area (Å²) in [5.41, 5.74) is 0.126. The smallest absolute Gasteiger partial charge is 0.423 e. The molecule has 0 amide bonds. The van der Waals surface area contributed by atoms with E-state index in [0.29, 0.717) is 0 Å². The van der Waals surface area contributed by atoms with E-state index in [1.54, 1.807) is 0 Å². The van der Waals surface area contributed by atoms with Crippen LogP contribution in [0.25, 0.3) is 0 Å². The summed E-state index contributed by atoms with van der Waals surface area (Å²) in [5, 5.41) is 27.3. The average molecular weight is 168 g/mol. The molecule has 1 aromatic rings. The molecule has 0 radical (unpaired) electrons. The van der Waals surface area contributed by atoms with Gasteiger partial charge in [0.15, 0.2) is 0 Å². The van der Waals surface area contributed by atoms with E-state index in [1.807, 2.05) is 0 Å². The van der Waals surface area contributed by atoms with Gasteiger partial charge in [-0.05, 0) is 9.91 Å². The van der Waals surface area contributed by atoms with E-state index in [9.17, 15) is 10.1 Å². The molecule has 0 aliphatic rings. The molecule has 0 bridgehead atoms. The van der Waals surface area contributed by atoms with Gasteiger partial charge in [0.1, 0.15) is 6.20 Å². The largest absolute Gasteiger partial charge is 0.492 e. The summed E-state index contributed by atoms with van der Waals surface area (Å²) in [6.07, 6.45) is 1.04. The summed E-state index contributed by atoms with van der Waals surface area (Å²) in [4.78, 5) is 12.8. The SMILES string of the molecule is O=[N+]([O-])c1ccc(B(O)O)cn1. The van der Waals surface area contributed by atoms with Gasteiger partial charge in [0.05, 0.1) is 0 Å². The summed E-state index contributed by atoms with van der Waals surface area (Å²) in [5.74, 6) is -0.320. The van der Waals surface area contributed by atoms with Gasteiger partial charge in [-0.15, -0.1) is 0 Å². The molecule has 1 heterocycles.